The molecule has 0 aliphatic rings. The predicted octanol–water partition coefficient (Wildman–Crippen LogP) is 1.98. The molecule has 2 nitrogen and oxygen atoms in total. The molecule has 0 amide bonds. The molecule has 0 aliphatic heterocycles. The van der Waals surface area contributed by atoms with Crippen LogP contribution in [0.2, 0.25) is 0 Å². The lowest BCUT2D eigenvalue weighted by Crippen LogP contribution is -2.23. The van der Waals surface area contributed by atoms with Crippen molar-refractivity contribution < 1.29 is 4.39 Å². The van der Waals surface area contributed by atoms with E-state index in [1.54, 1.807) is 6.07 Å². The Hall–Kier alpha value is -1.51. The summed E-state index contributed by atoms with van der Waals surface area (Å²) < 4.78 is 14.8. The third-order valence-electron chi connectivity index (χ3n) is 2.07. The van der Waals surface area contributed by atoms with Crippen LogP contribution >= 0.6 is 0 Å². The first-order chi connectivity index (χ1) is 6.18. The molecule has 0 N–H and O–H groups in total. The van der Waals surface area contributed by atoms with E-state index in [4.69, 9.17) is 0 Å². The molecule has 0 spiro atoms. The lowest BCUT2D eigenvalue weighted by Gasteiger charge is -2.15. The van der Waals surface area contributed by atoms with Gasteiger partial charge in [-0.1, -0.05) is 0 Å². The minimum Gasteiger partial charge on any atom is -0.319 e. The van der Waals surface area contributed by atoms with E-state index in [1.807, 2.05) is 36.0 Å². The van der Waals surface area contributed by atoms with Crippen LogP contribution in [0.15, 0.2) is 30.5 Å². The number of nitrogens with zero attached hydrogens (tertiary/aromatic N) is 2. The second-order valence-corrected chi connectivity index (χ2v) is 3.21. The van der Waals surface area contributed by atoms with E-state index in [9.17, 15) is 4.39 Å². The summed E-state index contributed by atoms with van der Waals surface area (Å²) in [6.07, 6.45) is 1.92. The van der Waals surface area contributed by atoms with E-state index in [2.05, 4.69) is 0 Å². The van der Waals surface area contributed by atoms with Gasteiger partial charge < -0.3 is 5.01 Å². The maximum absolute atomic E-state index is 12.9. The zero-order valence-corrected chi connectivity index (χ0v) is 7.66. The third-order valence-corrected chi connectivity index (χ3v) is 2.07. The van der Waals surface area contributed by atoms with Crippen molar-refractivity contribution in [1.29, 1.82) is 0 Å². The molecule has 0 aliphatic carbocycles. The Labute approximate surface area is 76.2 Å². The first kappa shape index (κ1) is 8.10. The van der Waals surface area contributed by atoms with E-state index in [0.29, 0.717) is 0 Å². The molecular formula is C10H11FN2. The second-order valence-electron chi connectivity index (χ2n) is 3.21. The summed E-state index contributed by atoms with van der Waals surface area (Å²) in [5, 5.41) is 2.96. The molecule has 0 radical (unpaired) electrons. The minimum atomic E-state index is -0.200. The Bertz CT molecular complexity index is 431. The van der Waals surface area contributed by atoms with E-state index in [0.717, 1.165) is 10.9 Å². The standard InChI is InChI=1S/C10H11FN2/c1-12(2)13-6-5-8-3-4-9(11)7-10(8)13/h3-7H,1-2H3. The number of benzene rings is 1. The average Bonchev–Trinajstić information content (AvgIpc) is 2.46. The van der Waals surface area contributed by atoms with Crippen molar-refractivity contribution in [2.75, 3.05) is 19.1 Å². The molecule has 0 atom stereocenters. The van der Waals surface area contributed by atoms with Crippen LogP contribution < -0.4 is 5.01 Å². The van der Waals surface area contributed by atoms with Gasteiger partial charge in [0.1, 0.15) is 5.82 Å². The highest BCUT2D eigenvalue weighted by Crippen LogP contribution is 2.16. The highest BCUT2D eigenvalue weighted by molar-refractivity contribution is 5.80. The van der Waals surface area contributed by atoms with Crippen LogP contribution in [-0.2, 0) is 0 Å². The molecule has 0 unspecified atom stereocenters. The zero-order valence-electron chi connectivity index (χ0n) is 7.66. The van der Waals surface area contributed by atoms with Crippen molar-refractivity contribution in [3.8, 4) is 0 Å². The van der Waals surface area contributed by atoms with Crippen molar-refractivity contribution in [1.82, 2.24) is 4.68 Å². The average molecular weight is 178 g/mol. The smallest absolute Gasteiger partial charge is 0.125 e. The molecular weight excluding hydrogens is 167 g/mol. The number of hydrogen-bond donors (Lipinski definition) is 0. The molecule has 0 bridgehead atoms. The van der Waals surface area contributed by atoms with Crippen molar-refractivity contribution in [3.05, 3.63) is 36.3 Å². The topological polar surface area (TPSA) is 8.17 Å². The molecule has 0 fully saturated rings. The Morgan fingerprint density at radius 3 is 2.69 bits per heavy atom. The molecule has 0 saturated carbocycles. The first-order valence-electron chi connectivity index (χ1n) is 4.13. The maximum Gasteiger partial charge on any atom is 0.125 e. The van der Waals surface area contributed by atoms with Crippen LogP contribution in [0.1, 0.15) is 0 Å². The number of halogens is 1. The third kappa shape index (κ3) is 1.26. The van der Waals surface area contributed by atoms with Gasteiger partial charge in [0.25, 0.3) is 0 Å². The summed E-state index contributed by atoms with van der Waals surface area (Å²) in [6, 6.07) is 6.76. The van der Waals surface area contributed by atoms with Gasteiger partial charge in [-0.15, -0.1) is 0 Å². The van der Waals surface area contributed by atoms with E-state index in [1.165, 1.54) is 12.1 Å². The molecule has 1 aromatic carbocycles. The van der Waals surface area contributed by atoms with Crippen molar-refractivity contribution >= 4 is 10.9 Å². The molecule has 3 heteroatoms. The molecule has 1 heterocycles. The van der Waals surface area contributed by atoms with Gasteiger partial charge in [-0.25, -0.2) is 4.39 Å². The van der Waals surface area contributed by atoms with Gasteiger partial charge in [0.2, 0.25) is 0 Å². The van der Waals surface area contributed by atoms with E-state index < -0.39 is 0 Å². The van der Waals surface area contributed by atoms with E-state index in [-0.39, 0.29) is 5.82 Å². The number of rotatable bonds is 1. The van der Waals surface area contributed by atoms with Gasteiger partial charge in [0, 0.05) is 31.7 Å². The number of fused-ring (bicyclic) bond motifs is 1. The van der Waals surface area contributed by atoms with Gasteiger partial charge in [0.05, 0.1) is 5.52 Å². The zero-order chi connectivity index (χ0) is 9.42. The second kappa shape index (κ2) is 2.76. The molecule has 2 aromatic rings. The molecule has 68 valence electrons. The van der Waals surface area contributed by atoms with Gasteiger partial charge in [0.15, 0.2) is 0 Å². The lowest BCUT2D eigenvalue weighted by molar-refractivity contribution is 0.628. The lowest BCUT2D eigenvalue weighted by atomic mass is 10.2. The summed E-state index contributed by atoms with van der Waals surface area (Å²) in [4.78, 5) is 0. The summed E-state index contributed by atoms with van der Waals surface area (Å²) >= 11 is 0. The van der Waals surface area contributed by atoms with Gasteiger partial charge in [-0.2, -0.15) is 0 Å². The largest absolute Gasteiger partial charge is 0.319 e. The van der Waals surface area contributed by atoms with Crippen LogP contribution in [-0.4, -0.2) is 18.8 Å². The Morgan fingerprint density at radius 1 is 1.23 bits per heavy atom. The number of aromatic nitrogens is 1. The number of hydrogen-bond acceptors (Lipinski definition) is 1. The Morgan fingerprint density at radius 2 is 2.00 bits per heavy atom. The van der Waals surface area contributed by atoms with Crippen molar-refractivity contribution in [3.63, 3.8) is 0 Å². The quantitative estimate of drug-likeness (QED) is 0.648. The Balaban J connectivity index is 2.71. The first-order valence-corrected chi connectivity index (χ1v) is 4.13. The minimum absolute atomic E-state index is 0.200. The fraction of sp³-hybridized carbons (Fsp3) is 0.200. The van der Waals surface area contributed by atoms with Gasteiger partial charge >= 0.3 is 0 Å². The highest BCUT2D eigenvalue weighted by atomic mass is 19.1. The monoisotopic (exact) mass is 178 g/mol. The van der Waals surface area contributed by atoms with Crippen molar-refractivity contribution in [2.45, 2.75) is 0 Å². The molecule has 13 heavy (non-hydrogen) atoms. The predicted molar refractivity (Wildman–Crippen MR) is 52.0 cm³/mol. The maximum atomic E-state index is 12.9. The molecule has 2 rings (SSSR count). The molecule has 1 aromatic heterocycles. The SMILES string of the molecule is CN(C)n1ccc2ccc(F)cc21. The van der Waals surface area contributed by atoms with Crippen molar-refractivity contribution in [2.24, 2.45) is 0 Å². The summed E-state index contributed by atoms with van der Waals surface area (Å²) in [5.74, 6) is -0.200. The van der Waals surface area contributed by atoms with Crippen LogP contribution in [0.5, 0.6) is 0 Å². The molecule has 0 saturated heterocycles. The fourth-order valence-electron chi connectivity index (χ4n) is 1.44. The van der Waals surface area contributed by atoms with Gasteiger partial charge in [-0.3, -0.25) is 4.68 Å². The van der Waals surface area contributed by atoms with Crippen LogP contribution in [0.25, 0.3) is 10.9 Å². The van der Waals surface area contributed by atoms with Crippen LogP contribution in [0.4, 0.5) is 4.39 Å². The summed E-state index contributed by atoms with van der Waals surface area (Å²) in [5.41, 5.74) is 0.894. The highest BCUT2D eigenvalue weighted by Gasteiger charge is 2.02. The van der Waals surface area contributed by atoms with E-state index >= 15 is 0 Å². The van der Waals surface area contributed by atoms with Crippen LogP contribution in [0, 0.1) is 5.82 Å². The fourth-order valence-corrected chi connectivity index (χ4v) is 1.44. The summed E-state index contributed by atoms with van der Waals surface area (Å²) in [7, 11) is 3.84. The normalized spacial score (nSPS) is 10.7. The Kier molecular flexibility index (Phi) is 1.72. The summed E-state index contributed by atoms with van der Waals surface area (Å²) in [6.45, 7) is 0. The van der Waals surface area contributed by atoms with Gasteiger partial charge in [-0.05, 0) is 18.2 Å². The van der Waals surface area contributed by atoms with Crippen LogP contribution in [0.3, 0.4) is 0 Å².